The largest absolute Gasteiger partial charge is 0.368 e. The van der Waals surface area contributed by atoms with Crippen molar-refractivity contribution in [2.24, 2.45) is 5.11 Å². The SMILES string of the molecule is Cc1nc(Nc2nnc(-n3nc(N=[N+]=[N-])nc3N)nn2)n[nH]1. The number of anilines is 3. The number of aromatic amines is 1. The predicted octanol–water partition coefficient (Wildman–Crippen LogP) is -0.459. The topological polar surface area (TPSA) is 211 Å². The van der Waals surface area contributed by atoms with Crippen molar-refractivity contribution in [3.8, 4) is 5.95 Å². The van der Waals surface area contributed by atoms with Crippen molar-refractivity contribution in [2.45, 2.75) is 6.92 Å². The fourth-order valence-corrected chi connectivity index (χ4v) is 1.40. The number of nitrogen functional groups attached to an aromatic ring is 1. The molecular weight excluding hydrogens is 294 g/mol. The Labute approximate surface area is 120 Å². The number of nitrogens with one attached hydrogen (secondary N) is 2. The lowest BCUT2D eigenvalue weighted by atomic mass is 10.7. The van der Waals surface area contributed by atoms with E-state index < -0.39 is 0 Å². The number of hydrogen-bond acceptors (Lipinski definition) is 11. The van der Waals surface area contributed by atoms with Crippen molar-refractivity contribution < 1.29 is 0 Å². The van der Waals surface area contributed by atoms with Gasteiger partial charge in [0.05, 0.1) is 0 Å². The molecule has 15 nitrogen and oxygen atoms in total. The van der Waals surface area contributed by atoms with E-state index in [9.17, 15) is 0 Å². The average Bonchev–Trinajstić information content (AvgIpc) is 3.06. The first kappa shape index (κ1) is 13.1. The molecule has 0 saturated heterocycles. The van der Waals surface area contributed by atoms with Crippen LogP contribution in [0.3, 0.4) is 0 Å². The normalized spacial score (nSPS) is 10.2. The minimum atomic E-state index is -0.165. The first-order chi connectivity index (χ1) is 10.7. The van der Waals surface area contributed by atoms with Crippen LogP contribution in [0.1, 0.15) is 5.82 Å². The van der Waals surface area contributed by atoms with E-state index in [1.54, 1.807) is 6.92 Å². The molecule has 0 bridgehead atoms. The number of H-pyrrole nitrogens is 1. The Morgan fingerprint density at radius 1 is 1.23 bits per heavy atom. The Morgan fingerprint density at radius 2 is 2.00 bits per heavy atom. The molecule has 0 radical (unpaired) electrons. The summed E-state index contributed by atoms with van der Waals surface area (Å²) in [5, 5.41) is 31.3. The summed E-state index contributed by atoms with van der Waals surface area (Å²) in [5.74, 6) is 0.705. The van der Waals surface area contributed by atoms with Crippen LogP contribution < -0.4 is 11.1 Å². The molecule has 0 aliphatic rings. The van der Waals surface area contributed by atoms with Gasteiger partial charge in [0.25, 0.3) is 11.9 Å². The first-order valence-electron chi connectivity index (χ1n) is 5.67. The predicted molar refractivity (Wildman–Crippen MR) is 70.2 cm³/mol. The fraction of sp³-hybridized carbons (Fsp3) is 0.143. The molecule has 15 heteroatoms. The van der Waals surface area contributed by atoms with Gasteiger partial charge in [-0.15, -0.1) is 30.6 Å². The molecule has 110 valence electrons. The first-order valence-corrected chi connectivity index (χ1v) is 5.67. The van der Waals surface area contributed by atoms with Gasteiger partial charge >= 0.3 is 0 Å². The number of nitrogens with zero attached hydrogens (tertiary/aromatic N) is 12. The summed E-state index contributed by atoms with van der Waals surface area (Å²) in [5.41, 5.74) is 13.9. The lowest BCUT2D eigenvalue weighted by Crippen LogP contribution is -2.11. The number of aromatic nitrogens is 10. The third-order valence-electron chi connectivity index (χ3n) is 2.23. The Kier molecular flexibility index (Phi) is 3.13. The molecule has 0 aromatic carbocycles. The Hall–Kier alpha value is -3.87. The van der Waals surface area contributed by atoms with E-state index in [1.165, 1.54) is 0 Å². The van der Waals surface area contributed by atoms with Crippen LogP contribution in [0.5, 0.6) is 0 Å². The van der Waals surface area contributed by atoms with E-state index in [0.717, 1.165) is 4.68 Å². The molecule has 0 atom stereocenters. The van der Waals surface area contributed by atoms with Gasteiger partial charge in [-0.05, 0) is 17.6 Å². The number of nitrogens with two attached hydrogens (primary N) is 1. The van der Waals surface area contributed by atoms with Gasteiger partial charge in [0, 0.05) is 4.91 Å². The van der Waals surface area contributed by atoms with Crippen molar-refractivity contribution in [1.29, 1.82) is 0 Å². The lowest BCUT2D eigenvalue weighted by molar-refractivity contribution is 0.738. The lowest BCUT2D eigenvalue weighted by Gasteiger charge is -2.00. The molecule has 4 N–H and O–H groups in total. The summed E-state index contributed by atoms with van der Waals surface area (Å²) in [6.07, 6.45) is 0. The molecule has 0 saturated carbocycles. The summed E-state index contributed by atoms with van der Waals surface area (Å²) in [7, 11) is 0. The number of hydrogen-bond donors (Lipinski definition) is 3. The van der Waals surface area contributed by atoms with Gasteiger partial charge in [0.1, 0.15) is 5.82 Å². The Balaban J connectivity index is 1.83. The van der Waals surface area contributed by atoms with Crippen molar-refractivity contribution in [2.75, 3.05) is 11.1 Å². The molecule has 0 unspecified atom stereocenters. The van der Waals surface area contributed by atoms with Gasteiger partial charge < -0.3 is 5.73 Å². The third kappa shape index (κ3) is 2.54. The molecule has 0 aliphatic carbocycles. The zero-order valence-corrected chi connectivity index (χ0v) is 10.9. The molecule has 3 aromatic heterocycles. The van der Waals surface area contributed by atoms with Crippen LogP contribution in [0.4, 0.5) is 23.8 Å². The fourth-order valence-electron chi connectivity index (χ4n) is 1.40. The Bertz CT molecular complexity index is 835. The Morgan fingerprint density at radius 3 is 2.64 bits per heavy atom. The van der Waals surface area contributed by atoms with Crippen LogP contribution in [0.25, 0.3) is 16.4 Å². The summed E-state index contributed by atoms with van der Waals surface area (Å²) in [6, 6.07) is 0. The minimum Gasteiger partial charge on any atom is -0.368 e. The van der Waals surface area contributed by atoms with Crippen molar-refractivity contribution in [3.05, 3.63) is 16.3 Å². The van der Waals surface area contributed by atoms with Crippen LogP contribution in [-0.2, 0) is 0 Å². The van der Waals surface area contributed by atoms with Crippen LogP contribution in [0.2, 0.25) is 0 Å². The maximum absolute atomic E-state index is 8.32. The highest BCUT2D eigenvalue weighted by Crippen LogP contribution is 2.12. The number of azide groups is 1. The quantitative estimate of drug-likeness (QED) is 0.320. The van der Waals surface area contributed by atoms with Crippen molar-refractivity contribution in [3.63, 3.8) is 0 Å². The standard InChI is InChI=1S/C7H7N15/c1-2-10-4(14-13-2)12-5-15-18-7(19-16-5)22-3(8)11-6(20-22)17-21-9/h1H3,(H2,8,11,20)(H2,10,12,13,14,15,16). The van der Waals surface area contributed by atoms with Crippen LogP contribution >= 0.6 is 0 Å². The van der Waals surface area contributed by atoms with Gasteiger partial charge in [-0.3, -0.25) is 10.4 Å². The number of rotatable bonds is 4. The van der Waals surface area contributed by atoms with Crippen LogP contribution in [0, 0.1) is 6.92 Å². The van der Waals surface area contributed by atoms with E-state index in [4.69, 9.17) is 11.3 Å². The highest BCUT2D eigenvalue weighted by Gasteiger charge is 2.12. The van der Waals surface area contributed by atoms with E-state index >= 15 is 0 Å². The maximum Gasteiger partial charge on any atom is 0.292 e. The summed E-state index contributed by atoms with van der Waals surface area (Å²) < 4.78 is 1.03. The molecule has 3 heterocycles. The minimum absolute atomic E-state index is 0.0406. The van der Waals surface area contributed by atoms with Crippen LogP contribution in [-0.4, -0.2) is 50.3 Å². The van der Waals surface area contributed by atoms with E-state index in [0.29, 0.717) is 5.82 Å². The van der Waals surface area contributed by atoms with E-state index in [2.05, 4.69) is 61.0 Å². The highest BCUT2D eigenvalue weighted by atomic mass is 15.5. The van der Waals surface area contributed by atoms with Gasteiger partial charge in [-0.25, -0.2) is 0 Å². The zero-order valence-electron chi connectivity index (χ0n) is 10.9. The molecule has 0 fully saturated rings. The van der Waals surface area contributed by atoms with E-state index in [1.807, 2.05) is 0 Å². The molecule has 3 rings (SSSR count). The highest BCUT2D eigenvalue weighted by molar-refractivity contribution is 5.40. The second-order valence-corrected chi connectivity index (χ2v) is 3.76. The summed E-state index contributed by atoms with van der Waals surface area (Å²) in [4.78, 5) is 10.3. The maximum atomic E-state index is 8.32. The second kappa shape index (κ2) is 5.25. The molecule has 3 aromatic rings. The summed E-state index contributed by atoms with van der Waals surface area (Å²) >= 11 is 0. The monoisotopic (exact) mass is 301 g/mol. The van der Waals surface area contributed by atoms with Gasteiger partial charge in [0.2, 0.25) is 17.8 Å². The average molecular weight is 301 g/mol. The molecule has 0 spiro atoms. The van der Waals surface area contributed by atoms with E-state index in [-0.39, 0.29) is 29.7 Å². The summed E-state index contributed by atoms with van der Waals surface area (Å²) in [6.45, 7) is 1.74. The molecule has 0 aliphatic heterocycles. The molecule has 22 heavy (non-hydrogen) atoms. The van der Waals surface area contributed by atoms with Crippen LogP contribution in [0.15, 0.2) is 5.11 Å². The van der Waals surface area contributed by atoms with Crippen molar-refractivity contribution >= 4 is 23.8 Å². The van der Waals surface area contributed by atoms with Gasteiger partial charge in [-0.2, -0.15) is 14.6 Å². The number of aryl methyl sites for hydroxylation is 1. The van der Waals surface area contributed by atoms with Gasteiger partial charge in [0.15, 0.2) is 0 Å². The van der Waals surface area contributed by atoms with Gasteiger partial charge in [-0.1, -0.05) is 0 Å². The zero-order chi connectivity index (χ0) is 15.5. The second-order valence-electron chi connectivity index (χ2n) is 3.76. The van der Waals surface area contributed by atoms with Crippen molar-refractivity contribution in [1.82, 2.24) is 50.3 Å². The molecule has 0 amide bonds. The molecular formula is C7H7N15. The third-order valence-corrected chi connectivity index (χ3v) is 2.23. The smallest absolute Gasteiger partial charge is 0.292 e.